The van der Waals surface area contributed by atoms with Crippen molar-refractivity contribution in [3.63, 3.8) is 0 Å². The number of nitrogens with zero attached hydrogens (tertiary/aromatic N) is 1. The molecular formula is C16H19N3S. The molecule has 0 heterocycles. The second-order valence-electron chi connectivity index (χ2n) is 4.37. The molecule has 20 heavy (non-hydrogen) atoms. The average Bonchev–Trinajstić information content (AvgIpc) is 2.52. The lowest BCUT2D eigenvalue weighted by Crippen LogP contribution is -2.45. The van der Waals surface area contributed by atoms with Gasteiger partial charge in [-0.3, -0.25) is 10.4 Å². The van der Waals surface area contributed by atoms with E-state index in [0.29, 0.717) is 5.11 Å². The van der Waals surface area contributed by atoms with Gasteiger partial charge in [-0.2, -0.15) is 0 Å². The number of hydrogen-bond donors (Lipinski definition) is 2. The zero-order valence-electron chi connectivity index (χ0n) is 11.5. The Balaban J connectivity index is 2.19. The fraction of sp³-hybridized carbons (Fsp3) is 0.188. The number of hydrogen-bond acceptors (Lipinski definition) is 2. The minimum atomic E-state index is 0.625. The summed E-state index contributed by atoms with van der Waals surface area (Å²) in [5.74, 6) is 0. The van der Waals surface area contributed by atoms with Gasteiger partial charge >= 0.3 is 0 Å². The van der Waals surface area contributed by atoms with Crippen molar-refractivity contribution in [1.82, 2.24) is 10.7 Å². The van der Waals surface area contributed by atoms with Crippen LogP contribution in [0.1, 0.15) is 13.3 Å². The molecule has 0 saturated heterocycles. The number of anilines is 2. The highest BCUT2D eigenvalue weighted by molar-refractivity contribution is 7.80. The van der Waals surface area contributed by atoms with Crippen molar-refractivity contribution < 1.29 is 0 Å². The van der Waals surface area contributed by atoms with E-state index in [4.69, 9.17) is 12.2 Å². The number of para-hydroxylation sites is 2. The first-order valence-electron chi connectivity index (χ1n) is 6.76. The molecular weight excluding hydrogens is 266 g/mol. The van der Waals surface area contributed by atoms with Crippen molar-refractivity contribution in [3.05, 3.63) is 60.7 Å². The van der Waals surface area contributed by atoms with Crippen LogP contribution >= 0.6 is 12.2 Å². The molecule has 4 heteroatoms. The minimum Gasteiger partial charge on any atom is -0.361 e. The van der Waals surface area contributed by atoms with E-state index in [1.807, 2.05) is 65.7 Å². The number of nitrogens with one attached hydrogen (secondary N) is 2. The third kappa shape index (κ3) is 3.96. The molecule has 2 N–H and O–H groups in total. The van der Waals surface area contributed by atoms with Gasteiger partial charge in [-0.15, -0.1) is 0 Å². The molecule has 0 spiro atoms. The van der Waals surface area contributed by atoms with Crippen LogP contribution in [0.2, 0.25) is 0 Å². The SMILES string of the molecule is CCCNC(=S)NN(c1ccccc1)c1ccccc1. The van der Waals surface area contributed by atoms with E-state index in [9.17, 15) is 0 Å². The summed E-state index contributed by atoms with van der Waals surface area (Å²) in [5.41, 5.74) is 5.32. The molecule has 0 aromatic heterocycles. The Kier molecular flexibility index (Phi) is 5.38. The summed E-state index contributed by atoms with van der Waals surface area (Å²) in [6.45, 7) is 2.98. The molecule has 0 aliphatic heterocycles. The molecule has 0 atom stereocenters. The Morgan fingerprint density at radius 1 is 0.950 bits per heavy atom. The summed E-state index contributed by atoms with van der Waals surface area (Å²) in [6.07, 6.45) is 1.04. The highest BCUT2D eigenvalue weighted by atomic mass is 32.1. The van der Waals surface area contributed by atoms with Gasteiger partial charge in [0.1, 0.15) is 0 Å². The Hall–Kier alpha value is -2.07. The van der Waals surface area contributed by atoms with Crippen molar-refractivity contribution in [2.75, 3.05) is 11.6 Å². The molecule has 2 aromatic carbocycles. The fourth-order valence-corrected chi connectivity index (χ4v) is 2.01. The predicted octanol–water partition coefficient (Wildman–Crippen LogP) is 3.61. The zero-order valence-corrected chi connectivity index (χ0v) is 12.4. The quantitative estimate of drug-likeness (QED) is 0.648. The third-order valence-corrected chi connectivity index (χ3v) is 3.01. The van der Waals surface area contributed by atoms with Crippen LogP contribution in [-0.2, 0) is 0 Å². The summed E-state index contributed by atoms with van der Waals surface area (Å²) in [5, 5.41) is 5.78. The molecule has 104 valence electrons. The Labute approximate surface area is 125 Å². The maximum Gasteiger partial charge on any atom is 0.185 e. The summed E-state index contributed by atoms with van der Waals surface area (Å²) in [4.78, 5) is 0. The topological polar surface area (TPSA) is 27.3 Å². The third-order valence-electron chi connectivity index (χ3n) is 2.78. The van der Waals surface area contributed by atoms with Gasteiger partial charge in [-0.25, -0.2) is 0 Å². The molecule has 0 aliphatic carbocycles. The lowest BCUT2D eigenvalue weighted by molar-refractivity contribution is 0.804. The van der Waals surface area contributed by atoms with E-state index in [1.54, 1.807) is 0 Å². The van der Waals surface area contributed by atoms with Gasteiger partial charge in [0.25, 0.3) is 0 Å². The minimum absolute atomic E-state index is 0.625. The summed E-state index contributed by atoms with van der Waals surface area (Å²) >= 11 is 5.33. The van der Waals surface area contributed by atoms with Gasteiger partial charge in [-0.05, 0) is 42.9 Å². The van der Waals surface area contributed by atoms with Crippen molar-refractivity contribution in [3.8, 4) is 0 Å². The normalized spacial score (nSPS) is 9.85. The zero-order chi connectivity index (χ0) is 14.2. The van der Waals surface area contributed by atoms with Gasteiger partial charge < -0.3 is 5.32 Å². The first kappa shape index (κ1) is 14.3. The van der Waals surface area contributed by atoms with Crippen LogP contribution < -0.4 is 15.8 Å². The first-order chi connectivity index (χ1) is 9.81. The second kappa shape index (κ2) is 7.50. The highest BCUT2D eigenvalue weighted by Crippen LogP contribution is 2.22. The summed E-state index contributed by atoms with van der Waals surface area (Å²) in [7, 11) is 0. The van der Waals surface area contributed by atoms with Crippen LogP contribution in [0, 0.1) is 0 Å². The molecule has 3 nitrogen and oxygen atoms in total. The van der Waals surface area contributed by atoms with Crippen LogP contribution in [0.15, 0.2) is 60.7 Å². The lowest BCUT2D eigenvalue weighted by atomic mass is 10.2. The molecule has 0 saturated carbocycles. The monoisotopic (exact) mass is 285 g/mol. The second-order valence-corrected chi connectivity index (χ2v) is 4.78. The standard InChI is InChI=1S/C16H19N3S/c1-2-13-17-16(20)18-19(14-9-5-3-6-10-14)15-11-7-4-8-12-15/h3-12H,2,13H2,1H3,(H2,17,18,20). The average molecular weight is 285 g/mol. The molecule has 2 aromatic rings. The predicted molar refractivity (Wildman–Crippen MR) is 89.1 cm³/mol. The summed E-state index contributed by atoms with van der Waals surface area (Å²) in [6, 6.07) is 20.2. The molecule has 0 amide bonds. The number of thiocarbonyl (C=S) groups is 1. The molecule has 0 aliphatic rings. The Bertz CT molecular complexity index is 488. The van der Waals surface area contributed by atoms with Crippen molar-refractivity contribution >= 4 is 28.7 Å². The van der Waals surface area contributed by atoms with Gasteiger partial charge in [0, 0.05) is 6.54 Å². The van der Waals surface area contributed by atoms with Crippen LogP contribution in [0.25, 0.3) is 0 Å². The van der Waals surface area contributed by atoms with Crippen molar-refractivity contribution in [2.45, 2.75) is 13.3 Å². The maximum atomic E-state index is 5.33. The molecule has 0 bridgehead atoms. The number of benzene rings is 2. The van der Waals surface area contributed by atoms with Crippen LogP contribution in [0.4, 0.5) is 11.4 Å². The Morgan fingerprint density at radius 2 is 1.45 bits per heavy atom. The summed E-state index contributed by atoms with van der Waals surface area (Å²) < 4.78 is 0. The number of rotatable bonds is 5. The highest BCUT2D eigenvalue weighted by Gasteiger charge is 2.09. The van der Waals surface area contributed by atoms with Crippen LogP contribution in [0.5, 0.6) is 0 Å². The molecule has 2 rings (SSSR count). The van der Waals surface area contributed by atoms with Crippen molar-refractivity contribution in [2.24, 2.45) is 0 Å². The Morgan fingerprint density at radius 3 is 1.90 bits per heavy atom. The maximum absolute atomic E-state index is 5.33. The van der Waals surface area contributed by atoms with Gasteiger partial charge in [0.05, 0.1) is 11.4 Å². The number of hydrazine groups is 1. The molecule has 0 radical (unpaired) electrons. The van der Waals surface area contributed by atoms with E-state index in [-0.39, 0.29) is 0 Å². The van der Waals surface area contributed by atoms with E-state index >= 15 is 0 Å². The van der Waals surface area contributed by atoms with E-state index in [1.165, 1.54) is 0 Å². The van der Waals surface area contributed by atoms with Crippen LogP contribution in [-0.4, -0.2) is 11.7 Å². The van der Waals surface area contributed by atoms with Crippen molar-refractivity contribution in [1.29, 1.82) is 0 Å². The fourth-order valence-electron chi connectivity index (χ4n) is 1.81. The smallest absolute Gasteiger partial charge is 0.185 e. The van der Waals surface area contributed by atoms with E-state index < -0.39 is 0 Å². The largest absolute Gasteiger partial charge is 0.361 e. The van der Waals surface area contributed by atoms with Gasteiger partial charge in [-0.1, -0.05) is 43.3 Å². The lowest BCUT2D eigenvalue weighted by Gasteiger charge is -2.27. The van der Waals surface area contributed by atoms with E-state index in [0.717, 1.165) is 24.3 Å². The first-order valence-corrected chi connectivity index (χ1v) is 7.17. The van der Waals surface area contributed by atoms with E-state index in [2.05, 4.69) is 17.7 Å². The van der Waals surface area contributed by atoms with Crippen LogP contribution in [0.3, 0.4) is 0 Å². The van der Waals surface area contributed by atoms with Gasteiger partial charge in [0.2, 0.25) is 0 Å². The van der Waals surface area contributed by atoms with Gasteiger partial charge in [0.15, 0.2) is 5.11 Å². The molecule has 0 fully saturated rings. The molecule has 0 unspecified atom stereocenters.